The highest BCUT2D eigenvalue weighted by atomic mass is 16.6. The molecule has 10 heteroatoms. The molecule has 1 atom stereocenters. The molecule has 0 aromatic heterocycles. The number of aliphatic hydroxyl groups excluding tert-OH is 1. The van der Waals surface area contributed by atoms with Gasteiger partial charge in [-0.05, 0) is 64.2 Å². The quantitative estimate of drug-likeness (QED) is 0.0469. The Morgan fingerprint density at radius 2 is 0.556 bits per heavy atom. The molecule has 0 fully saturated rings. The molecule has 0 aliphatic rings. The van der Waals surface area contributed by atoms with Crippen LogP contribution in [0.5, 0.6) is 0 Å². The van der Waals surface area contributed by atoms with E-state index in [0.717, 1.165) is 26.1 Å². The van der Waals surface area contributed by atoms with E-state index in [4.69, 9.17) is 47.7 Å². The molecule has 0 radical (unpaired) electrons. The van der Waals surface area contributed by atoms with Crippen LogP contribution in [0.4, 0.5) is 0 Å². The Morgan fingerprint density at radius 3 is 0.905 bits per heavy atom. The van der Waals surface area contributed by atoms with Gasteiger partial charge in [-0.25, -0.2) is 0 Å². The van der Waals surface area contributed by atoms with Gasteiger partial charge in [0.25, 0.3) is 0 Å². The van der Waals surface area contributed by atoms with E-state index in [2.05, 4.69) is 38.2 Å². The topological polar surface area (TPSA) is 103 Å². The van der Waals surface area contributed by atoms with E-state index in [9.17, 15) is 0 Å². The molecule has 0 spiro atoms. The SMILES string of the molecule is CCCCCCCC/C=C\CCCCCCCCOCC(COCCOCCOCCOCCOCCOCCOCCO)OCCCCCCCC/C=C\CCCCCCCC. The summed E-state index contributed by atoms with van der Waals surface area (Å²) >= 11 is 0. The number of allylic oxidation sites excluding steroid dienone is 4. The average molecular weight is 901 g/mol. The largest absolute Gasteiger partial charge is 0.394 e. The fraction of sp³-hybridized carbons (Fsp3) is 0.925. The molecule has 0 heterocycles. The average Bonchev–Trinajstić information content (AvgIpc) is 3.29. The minimum atomic E-state index is -0.0489. The zero-order chi connectivity index (χ0) is 45.3. The predicted molar refractivity (Wildman–Crippen MR) is 262 cm³/mol. The summed E-state index contributed by atoms with van der Waals surface area (Å²) in [6, 6.07) is 0. The van der Waals surface area contributed by atoms with Crippen LogP contribution in [-0.4, -0.2) is 130 Å². The summed E-state index contributed by atoms with van der Waals surface area (Å²) in [4.78, 5) is 0. The van der Waals surface area contributed by atoms with Crippen LogP contribution in [0.15, 0.2) is 24.3 Å². The molecule has 0 aliphatic carbocycles. The number of unbranched alkanes of at least 4 members (excludes halogenated alkanes) is 24. The Balaban J connectivity index is 4.01. The molecule has 0 amide bonds. The molecule has 0 saturated carbocycles. The van der Waals surface area contributed by atoms with Gasteiger partial charge in [0.05, 0.1) is 106 Å². The van der Waals surface area contributed by atoms with Gasteiger partial charge in [0, 0.05) is 13.2 Å². The molecule has 0 saturated heterocycles. The first-order chi connectivity index (χ1) is 31.3. The smallest absolute Gasteiger partial charge is 0.104 e. The summed E-state index contributed by atoms with van der Waals surface area (Å²) in [5.74, 6) is 0. The molecule has 0 aliphatic heterocycles. The van der Waals surface area contributed by atoms with Crippen LogP contribution >= 0.6 is 0 Å². The van der Waals surface area contributed by atoms with Crippen LogP contribution < -0.4 is 0 Å². The maximum Gasteiger partial charge on any atom is 0.104 e. The van der Waals surface area contributed by atoms with Crippen molar-refractivity contribution in [1.82, 2.24) is 0 Å². The molecule has 1 unspecified atom stereocenters. The lowest BCUT2D eigenvalue weighted by molar-refractivity contribution is -0.0702. The van der Waals surface area contributed by atoms with Gasteiger partial charge in [-0.15, -0.1) is 0 Å². The summed E-state index contributed by atoms with van der Waals surface area (Å²) in [7, 11) is 0. The molecule has 0 aromatic rings. The first-order valence-electron chi connectivity index (χ1n) is 26.5. The van der Waals surface area contributed by atoms with Gasteiger partial charge in [-0.3, -0.25) is 0 Å². The van der Waals surface area contributed by atoms with E-state index in [1.165, 1.54) is 167 Å². The van der Waals surface area contributed by atoms with Crippen LogP contribution in [0.2, 0.25) is 0 Å². The molecular weight excluding hydrogens is 797 g/mol. The van der Waals surface area contributed by atoms with E-state index >= 15 is 0 Å². The van der Waals surface area contributed by atoms with Crippen LogP contribution in [0.3, 0.4) is 0 Å². The Morgan fingerprint density at radius 1 is 0.286 bits per heavy atom. The summed E-state index contributed by atoms with van der Waals surface area (Å²) in [5.41, 5.74) is 0. The highest BCUT2D eigenvalue weighted by Gasteiger charge is 2.10. The third kappa shape index (κ3) is 57.1. The molecule has 63 heavy (non-hydrogen) atoms. The Bertz CT molecular complexity index is 860. The van der Waals surface area contributed by atoms with Crippen molar-refractivity contribution in [2.45, 2.75) is 200 Å². The Kier molecular flexibility index (Phi) is 58.2. The molecule has 10 nitrogen and oxygen atoms in total. The second kappa shape index (κ2) is 59.1. The van der Waals surface area contributed by atoms with Crippen LogP contribution in [0, 0.1) is 0 Å². The molecule has 0 bridgehead atoms. The van der Waals surface area contributed by atoms with E-state index in [1.54, 1.807) is 0 Å². The Labute approximate surface area is 389 Å². The lowest BCUT2D eigenvalue weighted by Crippen LogP contribution is -2.27. The van der Waals surface area contributed by atoms with Gasteiger partial charge in [-0.1, -0.05) is 154 Å². The highest BCUT2D eigenvalue weighted by Crippen LogP contribution is 2.12. The van der Waals surface area contributed by atoms with Crippen molar-refractivity contribution in [3.8, 4) is 0 Å². The van der Waals surface area contributed by atoms with Gasteiger partial charge in [-0.2, -0.15) is 0 Å². The molecule has 0 aromatic carbocycles. The summed E-state index contributed by atoms with van der Waals surface area (Å²) in [6.07, 6.45) is 46.2. The van der Waals surface area contributed by atoms with Crippen molar-refractivity contribution in [2.24, 2.45) is 0 Å². The van der Waals surface area contributed by atoms with Gasteiger partial charge in [0.2, 0.25) is 0 Å². The molecular formula is C53H104O10. The van der Waals surface area contributed by atoms with Crippen LogP contribution in [0.1, 0.15) is 194 Å². The van der Waals surface area contributed by atoms with Crippen LogP contribution in [0.25, 0.3) is 0 Å². The predicted octanol–water partition coefficient (Wildman–Crippen LogP) is 12.6. The monoisotopic (exact) mass is 901 g/mol. The first-order valence-corrected chi connectivity index (χ1v) is 26.5. The van der Waals surface area contributed by atoms with Gasteiger partial charge >= 0.3 is 0 Å². The van der Waals surface area contributed by atoms with Crippen molar-refractivity contribution in [1.29, 1.82) is 0 Å². The third-order valence-electron chi connectivity index (χ3n) is 10.9. The first kappa shape index (κ1) is 62.1. The number of ether oxygens (including phenoxy) is 9. The zero-order valence-electron chi connectivity index (χ0n) is 41.5. The van der Waals surface area contributed by atoms with Crippen molar-refractivity contribution in [3.63, 3.8) is 0 Å². The third-order valence-corrected chi connectivity index (χ3v) is 10.9. The number of hydrogen-bond donors (Lipinski definition) is 1. The minimum Gasteiger partial charge on any atom is -0.394 e. The standard InChI is InChI=1S/C53H104O10/c1-3-5-7-9-11-13-15-17-19-21-23-25-27-29-31-33-36-61-51-53(63-37-34-32-30-28-26-24-22-20-18-16-14-12-10-8-6-4-2)52-62-50-49-60-48-47-59-46-45-58-44-43-57-42-41-56-40-39-55-38-35-54/h17-20,53-54H,3-16,21-52H2,1-2H3/b19-17-,20-18-. The maximum atomic E-state index is 8.66. The molecule has 0 rings (SSSR count). The van der Waals surface area contributed by atoms with Crippen molar-refractivity contribution in [3.05, 3.63) is 24.3 Å². The Hall–Kier alpha value is -0.920. The minimum absolute atomic E-state index is 0.0304. The molecule has 1 N–H and O–H groups in total. The van der Waals surface area contributed by atoms with Gasteiger partial charge in [0.1, 0.15) is 6.10 Å². The van der Waals surface area contributed by atoms with Crippen molar-refractivity contribution < 1.29 is 47.7 Å². The highest BCUT2D eigenvalue weighted by molar-refractivity contribution is 4.82. The van der Waals surface area contributed by atoms with Gasteiger partial charge < -0.3 is 47.7 Å². The number of rotatable bonds is 57. The van der Waals surface area contributed by atoms with Crippen molar-refractivity contribution >= 4 is 0 Å². The van der Waals surface area contributed by atoms with E-state index in [0.29, 0.717) is 99.1 Å². The normalized spacial score (nSPS) is 12.5. The maximum absolute atomic E-state index is 8.66. The zero-order valence-corrected chi connectivity index (χ0v) is 41.5. The van der Waals surface area contributed by atoms with Gasteiger partial charge in [0.15, 0.2) is 0 Å². The fourth-order valence-corrected chi connectivity index (χ4v) is 7.01. The lowest BCUT2D eigenvalue weighted by Gasteiger charge is -2.18. The second-order valence-corrected chi connectivity index (χ2v) is 16.9. The van der Waals surface area contributed by atoms with Crippen LogP contribution in [-0.2, 0) is 42.6 Å². The number of aliphatic hydroxyl groups is 1. The van der Waals surface area contributed by atoms with Crippen molar-refractivity contribution in [2.75, 3.05) is 119 Å². The van der Waals surface area contributed by atoms with E-state index in [-0.39, 0.29) is 12.7 Å². The molecule has 376 valence electrons. The van der Waals surface area contributed by atoms with E-state index < -0.39 is 0 Å². The second-order valence-electron chi connectivity index (χ2n) is 16.9. The fourth-order valence-electron chi connectivity index (χ4n) is 7.01. The summed E-state index contributed by atoms with van der Waals surface area (Å²) in [5, 5.41) is 8.66. The lowest BCUT2D eigenvalue weighted by atomic mass is 10.1. The number of hydrogen-bond acceptors (Lipinski definition) is 10. The summed E-state index contributed by atoms with van der Waals surface area (Å²) in [6.45, 7) is 13.7. The summed E-state index contributed by atoms with van der Waals surface area (Å²) < 4.78 is 51.2. The van der Waals surface area contributed by atoms with E-state index in [1.807, 2.05) is 0 Å².